The lowest BCUT2D eigenvalue weighted by Gasteiger charge is -2.33. The molecule has 1 heterocycles. The Balaban J connectivity index is 2.16. The smallest absolute Gasteiger partial charge is 0.322 e. The second-order valence-corrected chi connectivity index (χ2v) is 5.13. The highest BCUT2D eigenvalue weighted by Crippen LogP contribution is 2.27. The van der Waals surface area contributed by atoms with Crippen molar-refractivity contribution in [3.63, 3.8) is 0 Å². The molecule has 104 valence electrons. The minimum absolute atomic E-state index is 0.503. The zero-order valence-corrected chi connectivity index (χ0v) is 11.6. The van der Waals surface area contributed by atoms with E-state index < -0.39 is 12.0 Å². The van der Waals surface area contributed by atoms with E-state index in [4.69, 9.17) is 0 Å². The molecule has 1 atom stereocenters. The highest BCUT2D eigenvalue weighted by atomic mass is 16.4. The number of fused-ring (bicyclic) bond motifs is 1. The lowest BCUT2D eigenvalue weighted by atomic mass is 9.99. The molecule has 19 heavy (non-hydrogen) atoms. The Kier molecular flexibility index (Phi) is 4.43. The molecule has 0 spiro atoms. The molecule has 0 aliphatic carbocycles. The molecule has 0 radical (unpaired) electrons. The van der Waals surface area contributed by atoms with Crippen LogP contribution in [0.15, 0.2) is 18.2 Å². The summed E-state index contributed by atoms with van der Waals surface area (Å²) in [6.07, 6.45) is 2.18. The summed E-state index contributed by atoms with van der Waals surface area (Å²) >= 11 is 0. The van der Waals surface area contributed by atoms with Crippen LogP contribution in [0.1, 0.15) is 24.5 Å². The molecule has 1 unspecified atom stereocenters. The molecule has 2 N–H and O–H groups in total. The average molecular weight is 262 g/mol. The zero-order valence-electron chi connectivity index (χ0n) is 11.6. The fourth-order valence-corrected chi connectivity index (χ4v) is 2.69. The molecular formula is C15H22N2O2. The summed E-state index contributed by atoms with van der Waals surface area (Å²) in [7, 11) is 0. The number of carbonyl (C=O) groups is 1. The molecule has 2 rings (SSSR count). The van der Waals surface area contributed by atoms with Crippen molar-refractivity contribution in [2.75, 3.05) is 24.5 Å². The third kappa shape index (κ3) is 3.26. The molecule has 1 aromatic rings. The average Bonchev–Trinajstić information content (AvgIpc) is 2.37. The number of aryl methyl sites for hydroxylation is 2. The Labute approximate surface area is 114 Å². The second-order valence-electron chi connectivity index (χ2n) is 5.13. The molecule has 0 fully saturated rings. The van der Waals surface area contributed by atoms with E-state index in [-0.39, 0.29) is 0 Å². The van der Waals surface area contributed by atoms with Gasteiger partial charge in [0, 0.05) is 18.8 Å². The van der Waals surface area contributed by atoms with Gasteiger partial charge < -0.3 is 15.3 Å². The standard InChI is InChI=1S/C15H22N2O2/c1-3-16-13(15(18)19)10-17-8-4-5-12-9-11(2)6-7-14(12)17/h6-7,9,13,16H,3-5,8,10H2,1-2H3,(H,18,19). The van der Waals surface area contributed by atoms with Gasteiger partial charge in [-0.3, -0.25) is 4.79 Å². The quantitative estimate of drug-likeness (QED) is 0.850. The van der Waals surface area contributed by atoms with Crippen LogP contribution in [0.25, 0.3) is 0 Å². The molecule has 1 aliphatic heterocycles. The van der Waals surface area contributed by atoms with Gasteiger partial charge in [-0.2, -0.15) is 0 Å². The number of aliphatic carboxylic acids is 1. The van der Waals surface area contributed by atoms with Gasteiger partial charge >= 0.3 is 5.97 Å². The van der Waals surface area contributed by atoms with Gasteiger partial charge in [-0.25, -0.2) is 0 Å². The molecule has 1 aromatic carbocycles. The van der Waals surface area contributed by atoms with Crippen LogP contribution in [0.5, 0.6) is 0 Å². The van der Waals surface area contributed by atoms with Crippen molar-refractivity contribution in [2.24, 2.45) is 0 Å². The normalized spacial score (nSPS) is 16.0. The largest absolute Gasteiger partial charge is 0.480 e. The van der Waals surface area contributed by atoms with Gasteiger partial charge in [-0.15, -0.1) is 0 Å². The molecule has 4 heteroatoms. The van der Waals surface area contributed by atoms with Crippen LogP contribution in [0.3, 0.4) is 0 Å². The van der Waals surface area contributed by atoms with E-state index in [2.05, 4.69) is 35.3 Å². The van der Waals surface area contributed by atoms with E-state index >= 15 is 0 Å². The molecule has 0 amide bonds. The van der Waals surface area contributed by atoms with Crippen molar-refractivity contribution in [2.45, 2.75) is 32.7 Å². The topological polar surface area (TPSA) is 52.6 Å². The maximum atomic E-state index is 11.2. The molecule has 4 nitrogen and oxygen atoms in total. The van der Waals surface area contributed by atoms with Gasteiger partial charge in [0.05, 0.1) is 0 Å². The third-order valence-electron chi connectivity index (χ3n) is 3.60. The first kappa shape index (κ1) is 13.9. The summed E-state index contributed by atoms with van der Waals surface area (Å²) < 4.78 is 0. The fourth-order valence-electron chi connectivity index (χ4n) is 2.69. The van der Waals surface area contributed by atoms with Gasteiger partial charge in [0.2, 0.25) is 0 Å². The third-order valence-corrected chi connectivity index (χ3v) is 3.60. The Morgan fingerprint density at radius 2 is 2.32 bits per heavy atom. The van der Waals surface area contributed by atoms with Crippen molar-refractivity contribution in [3.8, 4) is 0 Å². The Morgan fingerprint density at radius 1 is 1.53 bits per heavy atom. The van der Waals surface area contributed by atoms with Gasteiger partial charge in [-0.05, 0) is 37.9 Å². The first-order valence-corrected chi connectivity index (χ1v) is 6.92. The molecule has 0 bridgehead atoms. The van der Waals surface area contributed by atoms with Crippen molar-refractivity contribution >= 4 is 11.7 Å². The van der Waals surface area contributed by atoms with Gasteiger partial charge in [-0.1, -0.05) is 24.6 Å². The number of anilines is 1. The summed E-state index contributed by atoms with van der Waals surface area (Å²) in [6, 6.07) is 5.93. The summed E-state index contributed by atoms with van der Waals surface area (Å²) in [5.74, 6) is -0.777. The van der Waals surface area contributed by atoms with Crippen molar-refractivity contribution in [1.82, 2.24) is 5.32 Å². The van der Waals surface area contributed by atoms with Crippen LogP contribution < -0.4 is 10.2 Å². The highest BCUT2D eigenvalue weighted by molar-refractivity contribution is 5.74. The number of rotatable bonds is 5. The van der Waals surface area contributed by atoms with E-state index in [1.54, 1.807) is 0 Å². The number of benzene rings is 1. The predicted molar refractivity (Wildman–Crippen MR) is 76.8 cm³/mol. The van der Waals surface area contributed by atoms with E-state index in [0.717, 1.165) is 19.4 Å². The van der Waals surface area contributed by atoms with E-state index in [1.165, 1.54) is 16.8 Å². The summed E-state index contributed by atoms with van der Waals surface area (Å²) in [5.41, 5.74) is 3.80. The van der Waals surface area contributed by atoms with E-state index in [0.29, 0.717) is 13.1 Å². The van der Waals surface area contributed by atoms with E-state index in [9.17, 15) is 9.90 Å². The summed E-state index contributed by atoms with van der Waals surface area (Å²) in [6.45, 7) is 6.16. The number of nitrogens with one attached hydrogen (secondary N) is 1. The monoisotopic (exact) mass is 262 g/mol. The van der Waals surface area contributed by atoms with Crippen LogP contribution in [-0.2, 0) is 11.2 Å². The Morgan fingerprint density at radius 3 is 3.00 bits per heavy atom. The second kappa shape index (κ2) is 6.06. The number of likely N-dealkylation sites (N-methyl/N-ethyl adjacent to an activating group) is 1. The maximum Gasteiger partial charge on any atom is 0.322 e. The number of hydrogen-bond acceptors (Lipinski definition) is 3. The van der Waals surface area contributed by atoms with Crippen molar-refractivity contribution in [3.05, 3.63) is 29.3 Å². The summed E-state index contributed by atoms with van der Waals surface area (Å²) in [4.78, 5) is 13.4. The molecule has 0 saturated carbocycles. The number of hydrogen-bond donors (Lipinski definition) is 2. The lowest BCUT2D eigenvalue weighted by Crippen LogP contribution is -2.47. The van der Waals surface area contributed by atoms with Crippen molar-refractivity contribution in [1.29, 1.82) is 0 Å². The maximum absolute atomic E-state index is 11.2. The fraction of sp³-hybridized carbons (Fsp3) is 0.533. The van der Waals surface area contributed by atoms with Crippen LogP contribution in [-0.4, -0.2) is 36.8 Å². The number of carboxylic acids is 1. The van der Waals surface area contributed by atoms with Crippen LogP contribution in [0.4, 0.5) is 5.69 Å². The van der Waals surface area contributed by atoms with Gasteiger partial charge in [0.15, 0.2) is 0 Å². The van der Waals surface area contributed by atoms with Crippen LogP contribution in [0.2, 0.25) is 0 Å². The lowest BCUT2D eigenvalue weighted by molar-refractivity contribution is -0.139. The molecule has 1 aliphatic rings. The molecular weight excluding hydrogens is 240 g/mol. The van der Waals surface area contributed by atoms with Crippen LogP contribution in [0, 0.1) is 6.92 Å². The minimum atomic E-state index is -0.777. The van der Waals surface area contributed by atoms with E-state index in [1.807, 2.05) is 6.92 Å². The molecule has 0 aromatic heterocycles. The highest BCUT2D eigenvalue weighted by Gasteiger charge is 2.23. The van der Waals surface area contributed by atoms with Crippen LogP contribution >= 0.6 is 0 Å². The van der Waals surface area contributed by atoms with Gasteiger partial charge in [0.1, 0.15) is 6.04 Å². The molecule has 0 saturated heterocycles. The minimum Gasteiger partial charge on any atom is -0.480 e. The first-order valence-electron chi connectivity index (χ1n) is 6.92. The van der Waals surface area contributed by atoms with Gasteiger partial charge in [0.25, 0.3) is 0 Å². The predicted octanol–water partition coefficient (Wildman–Crippen LogP) is 1.81. The number of carboxylic acid groups (broad SMARTS) is 1. The number of nitrogens with zero attached hydrogens (tertiary/aromatic N) is 1. The SMILES string of the molecule is CCNC(CN1CCCc2cc(C)ccc21)C(=O)O. The van der Waals surface area contributed by atoms with Crippen molar-refractivity contribution < 1.29 is 9.90 Å². The first-order chi connectivity index (χ1) is 9.11. The summed E-state index contributed by atoms with van der Waals surface area (Å²) in [5, 5.41) is 12.3. The Bertz CT molecular complexity index is 459. The Hall–Kier alpha value is -1.55. The zero-order chi connectivity index (χ0) is 13.8.